The van der Waals surface area contributed by atoms with Crippen LogP contribution in [0.4, 0.5) is 0 Å². The van der Waals surface area contributed by atoms with E-state index >= 15 is 0 Å². The summed E-state index contributed by atoms with van der Waals surface area (Å²) < 4.78 is 0.952. The largest absolute Gasteiger partial charge is 0.328 e. The Morgan fingerprint density at radius 1 is 1.22 bits per heavy atom. The summed E-state index contributed by atoms with van der Waals surface area (Å²) in [5, 5.41) is 3.98. The van der Waals surface area contributed by atoms with Gasteiger partial charge in [0.2, 0.25) is 0 Å². The molecule has 1 amide bonds. The van der Waals surface area contributed by atoms with Gasteiger partial charge >= 0.3 is 0 Å². The maximum absolute atomic E-state index is 12.6. The fourth-order valence-corrected chi connectivity index (χ4v) is 3.15. The first kappa shape index (κ1) is 16.2. The Morgan fingerprint density at radius 2 is 2.00 bits per heavy atom. The second-order valence-electron chi connectivity index (χ2n) is 5.03. The Balaban J connectivity index is 1.84. The molecule has 1 aliphatic rings. The van der Waals surface area contributed by atoms with Crippen LogP contribution in [-0.4, -0.2) is 15.9 Å². The molecule has 0 bridgehead atoms. The molecule has 1 heterocycles. The molecule has 0 unspecified atom stereocenters. The number of amides is 1. The van der Waals surface area contributed by atoms with Crippen LogP contribution in [-0.2, 0) is 11.3 Å². The van der Waals surface area contributed by atoms with E-state index in [0.29, 0.717) is 22.4 Å². The number of benzene rings is 2. The van der Waals surface area contributed by atoms with Crippen LogP contribution >= 0.6 is 39.7 Å². The summed E-state index contributed by atoms with van der Waals surface area (Å²) in [6.07, 6.45) is 1.78. The normalized spacial score (nSPS) is 16.1. The third-order valence-corrected chi connectivity index (χ3v) is 4.59. The van der Waals surface area contributed by atoms with Crippen molar-refractivity contribution in [3.63, 3.8) is 0 Å². The van der Waals surface area contributed by atoms with Gasteiger partial charge in [0, 0.05) is 9.50 Å². The summed E-state index contributed by atoms with van der Waals surface area (Å²) in [5.74, 6) is -0.158. The van der Waals surface area contributed by atoms with Crippen molar-refractivity contribution >= 4 is 56.8 Å². The van der Waals surface area contributed by atoms with Crippen molar-refractivity contribution < 1.29 is 4.79 Å². The smallest absolute Gasteiger partial charge is 0.276 e. The topological polar surface area (TPSA) is 32.3 Å². The second kappa shape index (κ2) is 6.83. The average molecular weight is 408 g/mol. The molecule has 0 aliphatic carbocycles. The first-order valence-corrected chi connectivity index (χ1v) is 8.46. The van der Waals surface area contributed by atoms with Crippen molar-refractivity contribution in [3.8, 4) is 0 Å². The number of hydrogen-bond acceptors (Lipinski definition) is 2. The number of hydrogen-bond donors (Lipinski definition) is 1. The maximum Gasteiger partial charge on any atom is 0.276 e. The number of rotatable bonds is 3. The van der Waals surface area contributed by atoms with Crippen LogP contribution in [0.5, 0.6) is 0 Å². The predicted molar refractivity (Wildman–Crippen MR) is 99.9 cm³/mol. The number of nitrogens with one attached hydrogen (secondary N) is 1. The molecule has 2 aromatic rings. The molecule has 1 aliphatic heterocycles. The van der Waals surface area contributed by atoms with Crippen LogP contribution in [0.2, 0.25) is 5.02 Å². The Labute approximate surface area is 153 Å². The molecule has 0 aromatic heterocycles. The van der Waals surface area contributed by atoms with E-state index in [9.17, 15) is 4.79 Å². The highest BCUT2D eigenvalue weighted by atomic mass is 79.9. The minimum Gasteiger partial charge on any atom is -0.328 e. The van der Waals surface area contributed by atoms with Gasteiger partial charge in [0.25, 0.3) is 5.91 Å². The number of halogens is 2. The third-order valence-electron chi connectivity index (χ3n) is 3.41. The molecule has 1 saturated heterocycles. The highest BCUT2D eigenvalue weighted by Gasteiger charge is 2.30. The molecule has 0 atom stereocenters. The van der Waals surface area contributed by atoms with Crippen LogP contribution < -0.4 is 5.32 Å². The zero-order chi connectivity index (χ0) is 16.4. The standard InChI is InChI=1S/C17H12BrClN2OS/c18-13-6-3-4-11(8-13)9-15-16(22)21(17(23)20-15)10-12-5-1-2-7-14(12)19/h1-9H,10H2,(H,20,23)/b15-9-. The van der Waals surface area contributed by atoms with Gasteiger partial charge in [0.1, 0.15) is 5.70 Å². The Kier molecular flexibility index (Phi) is 4.80. The molecule has 3 rings (SSSR count). The van der Waals surface area contributed by atoms with Gasteiger partial charge in [-0.05, 0) is 47.6 Å². The third kappa shape index (κ3) is 3.63. The first-order chi connectivity index (χ1) is 11.0. The summed E-state index contributed by atoms with van der Waals surface area (Å²) in [4.78, 5) is 14.1. The van der Waals surface area contributed by atoms with E-state index in [0.717, 1.165) is 15.6 Å². The average Bonchev–Trinajstić information content (AvgIpc) is 2.77. The van der Waals surface area contributed by atoms with E-state index in [1.807, 2.05) is 42.5 Å². The highest BCUT2D eigenvalue weighted by molar-refractivity contribution is 9.10. The number of thiocarbonyl (C=S) groups is 1. The minimum absolute atomic E-state index is 0.158. The van der Waals surface area contributed by atoms with E-state index in [1.165, 1.54) is 4.90 Å². The molecule has 2 aromatic carbocycles. The van der Waals surface area contributed by atoms with Gasteiger partial charge in [-0.2, -0.15) is 0 Å². The molecule has 1 N–H and O–H groups in total. The zero-order valence-corrected chi connectivity index (χ0v) is 15.1. The van der Waals surface area contributed by atoms with E-state index in [4.69, 9.17) is 23.8 Å². The molecular weight excluding hydrogens is 396 g/mol. The lowest BCUT2D eigenvalue weighted by molar-refractivity contribution is -0.122. The lowest BCUT2D eigenvalue weighted by atomic mass is 10.2. The second-order valence-corrected chi connectivity index (χ2v) is 6.74. The van der Waals surface area contributed by atoms with Crippen molar-refractivity contribution in [1.82, 2.24) is 10.2 Å². The van der Waals surface area contributed by atoms with Crippen molar-refractivity contribution in [2.75, 3.05) is 0 Å². The predicted octanol–water partition coefficient (Wildman–Crippen LogP) is 4.36. The van der Waals surface area contributed by atoms with Gasteiger partial charge < -0.3 is 5.32 Å². The van der Waals surface area contributed by atoms with Crippen LogP contribution in [0.3, 0.4) is 0 Å². The van der Waals surface area contributed by atoms with E-state index in [2.05, 4.69) is 21.2 Å². The molecule has 0 spiro atoms. The SMILES string of the molecule is O=C1/C(=C/c2cccc(Br)c2)NC(=S)N1Cc1ccccc1Cl. The molecular formula is C17H12BrClN2OS. The van der Waals surface area contributed by atoms with E-state index in [-0.39, 0.29) is 5.91 Å². The fourth-order valence-electron chi connectivity index (χ4n) is 2.28. The molecule has 3 nitrogen and oxygen atoms in total. The molecule has 0 radical (unpaired) electrons. The highest BCUT2D eigenvalue weighted by Crippen LogP contribution is 2.22. The van der Waals surface area contributed by atoms with Crippen LogP contribution in [0.25, 0.3) is 6.08 Å². The van der Waals surface area contributed by atoms with Crippen molar-refractivity contribution in [2.45, 2.75) is 6.54 Å². The summed E-state index contributed by atoms with van der Waals surface area (Å²) in [6.45, 7) is 0.347. The Bertz CT molecular complexity index is 822. The van der Waals surface area contributed by atoms with E-state index < -0.39 is 0 Å². The molecule has 23 heavy (non-hydrogen) atoms. The molecule has 116 valence electrons. The van der Waals surface area contributed by atoms with Crippen LogP contribution in [0.15, 0.2) is 58.7 Å². The van der Waals surface area contributed by atoms with Crippen molar-refractivity contribution in [1.29, 1.82) is 0 Å². The van der Waals surface area contributed by atoms with Gasteiger partial charge in [-0.1, -0.05) is 57.9 Å². The van der Waals surface area contributed by atoms with Gasteiger partial charge in [-0.25, -0.2) is 0 Å². The van der Waals surface area contributed by atoms with Gasteiger partial charge in [0.05, 0.1) is 6.54 Å². The van der Waals surface area contributed by atoms with Gasteiger partial charge in [-0.3, -0.25) is 9.69 Å². The summed E-state index contributed by atoms with van der Waals surface area (Å²) in [6, 6.07) is 15.1. The quantitative estimate of drug-likeness (QED) is 0.606. The number of carbonyl (C=O) groups excluding carboxylic acids is 1. The van der Waals surface area contributed by atoms with Crippen LogP contribution in [0.1, 0.15) is 11.1 Å². The molecule has 0 saturated carbocycles. The Hall–Kier alpha value is -1.69. The minimum atomic E-state index is -0.158. The summed E-state index contributed by atoms with van der Waals surface area (Å²) in [5.41, 5.74) is 2.23. The summed E-state index contributed by atoms with van der Waals surface area (Å²) in [7, 11) is 0. The van der Waals surface area contributed by atoms with Crippen LogP contribution in [0, 0.1) is 0 Å². The van der Waals surface area contributed by atoms with Crippen molar-refractivity contribution in [3.05, 3.63) is 74.9 Å². The fraction of sp³-hybridized carbons (Fsp3) is 0.0588. The molecule has 1 fully saturated rings. The monoisotopic (exact) mass is 406 g/mol. The zero-order valence-electron chi connectivity index (χ0n) is 11.9. The first-order valence-electron chi connectivity index (χ1n) is 6.88. The van der Waals surface area contributed by atoms with E-state index in [1.54, 1.807) is 12.1 Å². The number of carbonyl (C=O) groups is 1. The Morgan fingerprint density at radius 3 is 2.74 bits per heavy atom. The lowest BCUT2D eigenvalue weighted by Crippen LogP contribution is -2.30. The molecule has 6 heteroatoms. The van der Waals surface area contributed by atoms with Gasteiger partial charge in [0.15, 0.2) is 5.11 Å². The van der Waals surface area contributed by atoms with Gasteiger partial charge in [-0.15, -0.1) is 0 Å². The lowest BCUT2D eigenvalue weighted by Gasteiger charge is -2.14. The maximum atomic E-state index is 12.6. The number of nitrogens with zero attached hydrogens (tertiary/aromatic N) is 1. The van der Waals surface area contributed by atoms with Crippen molar-refractivity contribution in [2.24, 2.45) is 0 Å². The summed E-state index contributed by atoms with van der Waals surface area (Å²) >= 11 is 14.9.